The monoisotopic (exact) mass is 290 g/mol. The van der Waals surface area contributed by atoms with E-state index in [1.54, 1.807) is 30.5 Å². The smallest absolute Gasteiger partial charge is 0.337 e. The summed E-state index contributed by atoms with van der Waals surface area (Å²) in [5, 5.41) is 9.20. The minimum Gasteiger partial charge on any atom is -0.478 e. The number of hydrogen-bond acceptors (Lipinski definition) is 2. The fourth-order valence-electron chi connectivity index (χ4n) is 2.10. The van der Waals surface area contributed by atoms with Gasteiger partial charge in [0.25, 0.3) is 0 Å². The molecule has 0 bridgehead atoms. The van der Waals surface area contributed by atoms with E-state index in [9.17, 15) is 9.18 Å². The summed E-state index contributed by atoms with van der Waals surface area (Å²) in [6.45, 7) is 0. The third kappa shape index (κ3) is 1.83. The second-order valence-electron chi connectivity index (χ2n) is 4.15. The minimum atomic E-state index is -1.11. The summed E-state index contributed by atoms with van der Waals surface area (Å²) in [7, 11) is 0. The number of carbonyl (C=O) groups is 1. The molecule has 1 aromatic carbocycles. The molecule has 3 aromatic rings. The minimum absolute atomic E-state index is 0.0209. The van der Waals surface area contributed by atoms with Crippen molar-refractivity contribution in [3.8, 4) is 11.4 Å². The average Bonchev–Trinajstić information content (AvgIpc) is 2.77. The van der Waals surface area contributed by atoms with Crippen LogP contribution in [0.4, 0.5) is 4.39 Å². The quantitative estimate of drug-likeness (QED) is 0.786. The molecule has 0 saturated heterocycles. The molecule has 4 nitrogen and oxygen atoms in total. The maximum Gasteiger partial charge on any atom is 0.337 e. The van der Waals surface area contributed by atoms with Crippen molar-refractivity contribution in [2.75, 3.05) is 0 Å². The summed E-state index contributed by atoms with van der Waals surface area (Å²) < 4.78 is 15.3. The van der Waals surface area contributed by atoms with Crippen molar-refractivity contribution in [3.05, 3.63) is 59.1 Å². The summed E-state index contributed by atoms with van der Waals surface area (Å²) in [4.78, 5) is 15.3. The Morgan fingerprint density at radius 1 is 1.25 bits per heavy atom. The predicted molar refractivity (Wildman–Crippen MR) is 72.6 cm³/mol. The molecule has 0 aliphatic carbocycles. The first-order chi connectivity index (χ1) is 9.59. The van der Waals surface area contributed by atoms with Crippen molar-refractivity contribution >= 4 is 23.1 Å². The van der Waals surface area contributed by atoms with Gasteiger partial charge in [-0.25, -0.2) is 14.2 Å². The van der Waals surface area contributed by atoms with Crippen molar-refractivity contribution in [1.29, 1.82) is 0 Å². The highest BCUT2D eigenvalue weighted by molar-refractivity contribution is 6.33. The Labute approximate surface area is 118 Å². The molecule has 0 fully saturated rings. The van der Waals surface area contributed by atoms with Crippen molar-refractivity contribution in [2.24, 2.45) is 0 Å². The number of halogens is 2. The summed E-state index contributed by atoms with van der Waals surface area (Å²) in [5.41, 5.74) is 0.532. The molecule has 0 saturated carbocycles. The van der Waals surface area contributed by atoms with E-state index in [0.717, 1.165) is 0 Å². The molecule has 2 aromatic heterocycles. The molecule has 20 heavy (non-hydrogen) atoms. The van der Waals surface area contributed by atoms with Crippen LogP contribution < -0.4 is 0 Å². The Morgan fingerprint density at radius 3 is 2.70 bits per heavy atom. The van der Waals surface area contributed by atoms with Crippen LogP contribution in [0.15, 0.2) is 42.6 Å². The Kier molecular flexibility index (Phi) is 2.91. The number of fused-ring (bicyclic) bond motifs is 1. The van der Waals surface area contributed by atoms with E-state index in [0.29, 0.717) is 0 Å². The second kappa shape index (κ2) is 4.61. The van der Waals surface area contributed by atoms with E-state index < -0.39 is 11.8 Å². The molecule has 2 heterocycles. The first-order valence-corrected chi connectivity index (χ1v) is 6.12. The van der Waals surface area contributed by atoms with Crippen molar-refractivity contribution in [3.63, 3.8) is 0 Å². The number of carboxylic acids is 1. The molecular weight excluding hydrogens is 283 g/mol. The van der Waals surface area contributed by atoms with Crippen molar-refractivity contribution in [2.45, 2.75) is 0 Å². The highest BCUT2D eigenvalue weighted by Crippen LogP contribution is 2.29. The Balaban J connectivity index is 2.38. The van der Waals surface area contributed by atoms with Crippen LogP contribution in [-0.2, 0) is 0 Å². The van der Waals surface area contributed by atoms with Crippen LogP contribution in [0.5, 0.6) is 0 Å². The molecule has 0 unspecified atom stereocenters. The highest BCUT2D eigenvalue weighted by atomic mass is 35.5. The Bertz CT molecular complexity index is 829. The molecule has 100 valence electrons. The van der Waals surface area contributed by atoms with Gasteiger partial charge in [0, 0.05) is 6.20 Å². The number of benzene rings is 1. The molecule has 0 amide bonds. The van der Waals surface area contributed by atoms with Crippen LogP contribution in [0.25, 0.3) is 16.9 Å². The lowest BCUT2D eigenvalue weighted by Gasteiger charge is -2.03. The van der Waals surface area contributed by atoms with Gasteiger partial charge < -0.3 is 5.11 Å². The van der Waals surface area contributed by atoms with Gasteiger partial charge in [-0.2, -0.15) is 0 Å². The zero-order valence-electron chi connectivity index (χ0n) is 10.0. The van der Waals surface area contributed by atoms with Crippen LogP contribution in [-0.4, -0.2) is 20.5 Å². The number of pyridine rings is 1. The van der Waals surface area contributed by atoms with E-state index in [1.165, 1.54) is 16.5 Å². The van der Waals surface area contributed by atoms with Gasteiger partial charge in [0.15, 0.2) is 5.15 Å². The van der Waals surface area contributed by atoms with Crippen LogP contribution in [0.2, 0.25) is 5.15 Å². The van der Waals surface area contributed by atoms with E-state index in [-0.39, 0.29) is 27.6 Å². The van der Waals surface area contributed by atoms with Gasteiger partial charge in [-0.15, -0.1) is 0 Å². The molecule has 0 spiro atoms. The summed E-state index contributed by atoms with van der Waals surface area (Å²) >= 11 is 6.01. The fraction of sp³-hybridized carbons (Fsp3) is 0. The predicted octanol–water partition coefficient (Wildman–Crippen LogP) is 3.49. The van der Waals surface area contributed by atoms with Gasteiger partial charge in [-0.3, -0.25) is 4.40 Å². The average molecular weight is 291 g/mol. The van der Waals surface area contributed by atoms with Crippen LogP contribution in [0.1, 0.15) is 10.4 Å². The zero-order valence-corrected chi connectivity index (χ0v) is 10.8. The lowest BCUT2D eigenvalue weighted by Crippen LogP contribution is -2.00. The van der Waals surface area contributed by atoms with Gasteiger partial charge in [0.05, 0.1) is 16.6 Å². The normalized spacial score (nSPS) is 10.9. The lowest BCUT2D eigenvalue weighted by molar-refractivity contribution is 0.0698. The number of imidazole rings is 1. The molecule has 1 N–H and O–H groups in total. The van der Waals surface area contributed by atoms with E-state index in [1.807, 2.05) is 0 Å². The van der Waals surface area contributed by atoms with Gasteiger partial charge in [-0.1, -0.05) is 23.7 Å². The van der Waals surface area contributed by atoms with Crippen LogP contribution >= 0.6 is 11.6 Å². The summed E-state index contributed by atoms with van der Waals surface area (Å²) in [6.07, 6.45) is 1.60. The van der Waals surface area contributed by atoms with E-state index in [2.05, 4.69) is 4.98 Å². The zero-order chi connectivity index (χ0) is 14.3. The Hall–Kier alpha value is -2.40. The van der Waals surface area contributed by atoms with Gasteiger partial charge in [0.1, 0.15) is 11.6 Å². The lowest BCUT2D eigenvalue weighted by atomic mass is 10.2. The summed E-state index contributed by atoms with van der Waals surface area (Å²) in [5.74, 6) is -1.29. The van der Waals surface area contributed by atoms with E-state index in [4.69, 9.17) is 16.7 Å². The SMILES string of the molecule is O=C(O)c1cccn2c(-c3ccccc3F)nc(Cl)c12. The molecule has 0 atom stereocenters. The fourth-order valence-corrected chi connectivity index (χ4v) is 2.37. The van der Waals surface area contributed by atoms with Crippen LogP contribution in [0, 0.1) is 5.82 Å². The largest absolute Gasteiger partial charge is 0.478 e. The third-order valence-corrected chi connectivity index (χ3v) is 3.23. The van der Waals surface area contributed by atoms with Gasteiger partial charge in [-0.05, 0) is 24.3 Å². The van der Waals surface area contributed by atoms with Gasteiger partial charge >= 0.3 is 5.97 Å². The van der Waals surface area contributed by atoms with Crippen LogP contribution in [0.3, 0.4) is 0 Å². The topological polar surface area (TPSA) is 54.6 Å². The van der Waals surface area contributed by atoms with Crippen molar-refractivity contribution in [1.82, 2.24) is 9.38 Å². The highest BCUT2D eigenvalue weighted by Gasteiger charge is 2.19. The third-order valence-electron chi connectivity index (χ3n) is 2.97. The Morgan fingerprint density at radius 2 is 2.00 bits per heavy atom. The maximum atomic E-state index is 13.9. The standard InChI is InChI=1S/C14H8ClFN2O2/c15-12-11-9(14(19)20)5-3-7-18(11)13(17-12)8-4-1-2-6-10(8)16/h1-7H,(H,19,20). The van der Waals surface area contributed by atoms with E-state index >= 15 is 0 Å². The molecule has 3 rings (SSSR count). The maximum absolute atomic E-state index is 13.9. The molecule has 0 radical (unpaired) electrons. The molecule has 0 aliphatic rings. The van der Waals surface area contributed by atoms with Gasteiger partial charge in [0.2, 0.25) is 0 Å². The summed E-state index contributed by atoms with van der Waals surface area (Å²) in [6, 6.07) is 9.10. The molecular formula is C14H8ClFN2O2. The first-order valence-electron chi connectivity index (χ1n) is 5.74. The molecule has 0 aliphatic heterocycles. The second-order valence-corrected chi connectivity index (χ2v) is 4.51. The molecule has 6 heteroatoms. The number of hydrogen-bond donors (Lipinski definition) is 1. The first kappa shape index (κ1) is 12.6. The number of nitrogens with zero attached hydrogens (tertiary/aromatic N) is 2. The van der Waals surface area contributed by atoms with Crippen molar-refractivity contribution < 1.29 is 14.3 Å². The number of aromatic carboxylic acids is 1. The number of aromatic nitrogens is 2. The number of carboxylic acid groups (broad SMARTS) is 1. The number of rotatable bonds is 2.